The van der Waals surface area contributed by atoms with Crippen LogP contribution >= 0.6 is 0 Å². The number of benzene rings is 1. The molecule has 0 saturated carbocycles. The Morgan fingerprint density at radius 1 is 1.29 bits per heavy atom. The van der Waals surface area contributed by atoms with Crippen molar-refractivity contribution in [1.82, 2.24) is 0 Å². The molecule has 1 aromatic carbocycles. The van der Waals surface area contributed by atoms with E-state index in [4.69, 9.17) is 11.5 Å². The van der Waals surface area contributed by atoms with Crippen molar-refractivity contribution in [3.05, 3.63) is 29.8 Å². The van der Waals surface area contributed by atoms with Gasteiger partial charge in [-0.1, -0.05) is 13.3 Å². The fraction of sp³-hybridized carbons (Fsp3) is 0.333. The van der Waals surface area contributed by atoms with Crippen molar-refractivity contribution in [2.24, 2.45) is 11.5 Å². The second-order valence-electron chi connectivity index (χ2n) is 3.83. The van der Waals surface area contributed by atoms with Crippen LogP contribution in [0, 0.1) is 0 Å². The van der Waals surface area contributed by atoms with Crippen LogP contribution in [0.2, 0.25) is 0 Å². The standard InChI is InChI=1S/C12H17N3O2/c1-2-3-10(13)12(17)15-9-6-4-8(5-7-9)11(14)16/h4-7,10H,2-3,13H2,1H3,(H2,14,16)(H,15,17). The van der Waals surface area contributed by atoms with Gasteiger partial charge in [-0.3, -0.25) is 9.59 Å². The average molecular weight is 235 g/mol. The lowest BCUT2D eigenvalue weighted by Crippen LogP contribution is -2.35. The summed E-state index contributed by atoms with van der Waals surface area (Å²) >= 11 is 0. The summed E-state index contributed by atoms with van der Waals surface area (Å²) in [5, 5.41) is 2.68. The van der Waals surface area contributed by atoms with Crippen molar-refractivity contribution in [2.45, 2.75) is 25.8 Å². The Labute approximate surface area is 100 Å². The summed E-state index contributed by atoms with van der Waals surface area (Å²) < 4.78 is 0. The van der Waals surface area contributed by atoms with Crippen LogP contribution in [0.1, 0.15) is 30.1 Å². The maximum atomic E-state index is 11.6. The van der Waals surface area contributed by atoms with Gasteiger partial charge >= 0.3 is 0 Å². The van der Waals surface area contributed by atoms with Crippen LogP contribution in [-0.4, -0.2) is 17.9 Å². The van der Waals surface area contributed by atoms with E-state index in [2.05, 4.69) is 5.32 Å². The maximum absolute atomic E-state index is 11.6. The van der Waals surface area contributed by atoms with Gasteiger partial charge < -0.3 is 16.8 Å². The Bertz CT molecular complexity index is 401. The molecule has 1 rings (SSSR count). The number of carbonyl (C=O) groups is 2. The Kier molecular flexibility index (Phi) is 4.66. The second kappa shape index (κ2) is 6.00. The highest BCUT2D eigenvalue weighted by atomic mass is 16.2. The Morgan fingerprint density at radius 2 is 1.88 bits per heavy atom. The molecule has 0 radical (unpaired) electrons. The second-order valence-corrected chi connectivity index (χ2v) is 3.83. The quantitative estimate of drug-likeness (QED) is 0.705. The van der Waals surface area contributed by atoms with E-state index in [1.54, 1.807) is 24.3 Å². The third kappa shape index (κ3) is 3.88. The van der Waals surface area contributed by atoms with Crippen molar-refractivity contribution >= 4 is 17.5 Å². The molecule has 92 valence electrons. The van der Waals surface area contributed by atoms with Crippen LogP contribution < -0.4 is 16.8 Å². The van der Waals surface area contributed by atoms with Crippen LogP contribution in [0.4, 0.5) is 5.69 Å². The molecule has 17 heavy (non-hydrogen) atoms. The summed E-state index contributed by atoms with van der Waals surface area (Å²) in [4.78, 5) is 22.4. The number of rotatable bonds is 5. The normalized spacial score (nSPS) is 11.9. The van der Waals surface area contributed by atoms with E-state index in [9.17, 15) is 9.59 Å². The van der Waals surface area contributed by atoms with Crippen LogP contribution in [0.25, 0.3) is 0 Å². The molecule has 0 fully saturated rings. The minimum absolute atomic E-state index is 0.223. The molecule has 5 nitrogen and oxygen atoms in total. The van der Waals surface area contributed by atoms with Crippen molar-refractivity contribution in [3.8, 4) is 0 Å². The predicted molar refractivity (Wildman–Crippen MR) is 66.5 cm³/mol. The average Bonchev–Trinajstić information content (AvgIpc) is 2.30. The van der Waals surface area contributed by atoms with Gasteiger partial charge in [0.15, 0.2) is 0 Å². The van der Waals surface area contributed by atoms with E-state index in [0.29, 0.717) is 17.7 Å². The van der Waals surface area contributed by atoms with E-state index in [1.165, 1.54) is 0 Å². The first kappa shape index (κ1) is 13.2. The molecule has 0 heterocycles. The number of hydrogen-bond donors (Lipinski definition) is 3. The summed E-state index contributed by atoms with van der Waals surface area (Å²) in [6.07, 6.45) is 1.50. The Morgan fingerprint density at radius 3 is 2.35 bits per heavy atom. The van der Waals surface area contributed by atoms with Crippen LogP contribution in [0.15, 0.2) is 24.3 Å². The molecule has 0 bridgehead atoms. The van der Waals surface area contributed by atoms with Gasteiger partial charge in [0.05, 0.1) is 6.04 Å². The van der Waals surface area contributed by atoms with Crippen LogP contribution in [-0.2, 0) is 4.79 Å². The summed E-state index contributed by atoms with van der Waals surface area (Å²) in [5.74, 6) is -0.718. The number of carbonyl (C=O) groups excluding carboxylic acids is 2. The van der Waals surface area contributed by atoms with Gasteiger partial charge in [-0.05, 0) is 30.7 Å². The van der Waals surface area contributed by atoms with E-state index in [1.807, 2.05) is 6.92 Å². The predicted octanol–water partition coefficient (Wildman–Crippen LogP) is 0.851. The minimum Gasteiger partial charge on any atom is -0.366 e. The molecule has 1 unspecified atom stereocenters. The first-order chi connectivity index (χ1) is 8.04. The van der Waals surface area contributed by atoms with Gasteiger partial charge in [0.2, 0.25) is 11.8 Å². The van der Waals surface area contributed by atoms with Gasteiger partial charge in [0, 0.05) is 11.3 Å². The van der Waals surface area contributed by atoms with Gasteiger partial charge in [-0.2, -0.15) is 0 Å². The Hall–Kier alpha value is -1.88. The van der Waals surface area contributed by atoms with Crippen molar-refractivity contribution in [1.29, 1.82) is 0 Å². The molecule has 1 aromatic rings. The number of nitrogens with two attached hydrogens (primary N) is 2. The summed E-state index contributed by atoms with van der Waals surface area (Å²) in [6, 6.07) is 5.86. The van der Waals surface area contributed by atoms with Crippen molar-refractivity contribution < 1.29 is 9.59 Å². The molecule has 0 aliphatic carbocycles. The monoisotopic (exact) mass is 235 g/mol. The van der Waals surface area contributed by atoms with Crippen molar-refractivity contribution in [3.63, 3.8) is 0 Å². The highest BCUT2D eigenvalue weighted by Gasteiger charge is 2.12. The highest BCUT2D eigenvalue weighted by Crippen LogP contribution is 2.09. The molecular weight excluding hydrogens is 218 g/mol. The van der Waals surface area contributed by atoms with Gasteiger partial charge in [-0.25, -0.2) is 0 Å². The molecule has 0 aliphatic rings. The topological polar surface area (TPSA) is 98.2 Å². The zero-order valence-electron chi connectivity index (χ0n) is 9.77. The Balaban J connectivity index is 2.63. The van der Waals surface area contributed by atoms with Gasteiger partial charge in [0.1, 0.15) is 0 Å². The summed E-state index contributed by atoms with van der Waals surface area (Å²) in [5.41, 5.74) is 11.8. The van der Waals surface area contributed by atoms with E-state index < -0.39 is 11.9 Å². The molecule has 0 saturated heterocycles. The molecule has 0 aliphatic heterocycles. The number of amides is 2. The summed E-state index contributed by atoms with van der Waals surface area (Å²) in [7, 11) is 0. The zero-order chi connectivity index (χ0) is 12.8. The largest absolute Gasteiger partial charge is 0.366 e. The fourth-order valence-corrected chi connectivity index (χ4v) is 1.39. The molecule has 0 spiro atoms. The smallest absolute Gasteiger partial charge is 0.248 e. The lowest BCUT2D eigenvalue weighted by Gasteiger charge is -2.11. The lowest BCUT2D eigenvalue weighted by atomic mass is 10.1. The van der Waals surface area contributed by atoms with E-state index in [0.717, 1.165) is 6.42 Å². The highest BCUT2D eigenvalue weighted by molar-refractivity contribution is 5.96. The van der Waals surface area contributed by atoms with Crippen LogP contribution in [0.5, 0.6) is 0 Å². The lowest BCUT2D eigenvalue weighted by molar-refractivity contribution is -0.117. The van der Waals surface area contributed by atoms with Crippen LogP contribution in [0.3, 0.4) is 0 Å². The molecule has 5 heteroatoms. The van der Waals surface area contributed by atoms with Crippen molar-refractivity contribution in [2.75, 3.05) is 5.32 Å². The zero-order valence-corrected chi connectivity index (χ0v) is 9.77. The van der Waals surface area contributed by atoms with Gasteiger partial charge in [-0.15, -0.1) is 0 Å². The van der Waals surface area contributed by atoms with E-state index >= 15 is 0 Å². The first-order valence-electron chi connectivity index (χ1n) is 5.51. The number of primary amides is 1. The third-order valence-corrected chi connectivity index (χ3v) is 2.37. The third-order valence-electron chi connectivity index (χ3n) is 2.37. The number of anilines is 1. The number of nitrogens with one attached hydrogen (secondary N) is 1. The molecule has 5 N–H and O–H groups in total. The van der Waals surface area contributed by atoms with Gasteiger partial charge in [0.25, 0.3) is 0 Å². The molecule has 1 atom stereocenters. The maximum Gasteiger partial charge on any atom is 0.248 e. The van der Waals surface area contributed by atoms with E-state index in [-0.39, 0.29) is 5.91 Å². The first-order valence-corrected chi connectivity index (χ1v) is 5.51. The molecular formula is C12H17N3O2. The summed E-state index contributed by atoms with van der Waals surface area (Å²) in [6.45, 7) is 1.97. The molecule has 0 aromatic heterocycles. The fourth-order valence-electron chi connectivity index (χ4n) is 1.39. The minimum atomic E-state index is -0.504. The SMILES string of the molecule is CCCC(N)C(=O)Nc1ccc(C(N)=O)cc1. The molecule has 2 amide bonds. The number of hydrogen-bond acceptors (Lipinski definition) is 3.